The Morgan fingerprint density at radius 2 is 2.11 bits per heavy atom. The molecule has 0 heterocycles. The van der Waals surface area contributed by atoms with E-state index in [1.165, 1.54) is 18.2 Å². The Morgan fingerprint density at radius 3 is 2.67 bits per heavy atom. The zero-order valence-corrected chi connectivity index (χ0v) is 10.0. The molecule has 0 saturated heterocycles. The van der Waals surface area contributed by atoms with Crippen LogP contribution >= 0.6 is 11.6 Å². The van der Waals surface area contributed by atoms with Crippen molar-refractivity contribution in [2.45, 2.75) is 0 Å². The van der Waals surface area contributed by atoms with Crippen molar-refractivity contribution in [2.24, 2.45) is 0 Å². The number of phenolic OH excluding ortho intramolecular Hbond substituents is 1. The van der Waals surface area contributed by atoms with Gasteiger partial charge in [0.25, 0.3) is 5.91 Å². The molecule has 0 unspecified atom stereocenters. The van der Waals surface area contributed by atoms with Crippen LogP contribution in [0.2, 0.25) is 5.02 Å². The van der Waals surface area contributed by atoms with Crippen molar-refractivity contribution in [1.29, 1.82) is 0 Å². The molecule has 0 aliphatic carbocycles. The summed E-state index contributed by atoms with van der Waals surface area (Å²) in [7, 11) is 0. The number of rotatable bonds is 4. The highest BCUT2D eigenvalue weighted by molar-refractivity contribution is 6.31. The number of aromatic hydroxyl groups is 1. The number of halogens is 1. The van der Waals surface area contributed by atoms with Gasteiger partial charge >= 0.3 is 5.97 Å². The second-order valence-electron chi connectivity index (χ2n) is 3.42. The van der Waals surface area contributed by atoms with Gasteiger partial charge in [-0.15, -0.1) is 6.42 Å². The molecule has 1 amide bonds. The van der Waals surface area contributed by atoms with E-state index in [-0.39, 0.29) is 22.9 Å². The Kier molecular flexibility index (Phi) is 4.58. The molecule has 2 N–H and O–H groups in total. The molecule has 1 rings (SSSR count). The number of carbonyl (C=O) groups is 2. The van der Waals surface area contributed by atoms with Crippen molar-refractivity contribution < 1.29 is 19.8 Å². The third-order valence-corrected chi connectivity index (χ3v) is 2.32. The number of benzene rings is 1. The van der Waals surface area contributed by atoms with Gasteiger partial charge in [0.15, 0.2) is 0 Å². The minimum atomic E-state index is -1.19. The van der Waals surface area contributed by atoms with Crippen molar-refractivity contribution in [3.63, 3.8) is 0 Å². The number of hydrogen-bond donors (Lipinski definition) is 2. The lowest BCUT2D eigenvalue weighted by atomic mass is 10.1. The fraction of sp³-hybridized carbons (Fsp3) is 0.167. The van der Waals surface area contributed by atoms with E-state index < -0.39 is 18.4 Å². The van der Waals surface area contributed by atoms with Crippen LogP contribution in [-0.2, 0) is 4.79 Å². The smallest absolute Gasteiger partial charge is 0.323 e. The highest BCUT2D eigenvalue weighted by Crippen LogP contribution is 2.22. The van der Waals surface area contributed by atoms with Crippen LogP contribution in [0.15, 0.2) is 18.2 Å². The Bertz CT molecular complexity index is 521. The minimum absolute atomic E-state index is 0.0843. The van der Waals surface area contributed by atoms with Crippen molar-refractivity contribution in [3.8, 4) is 18.1 Å². The van der Waals surface area contributed by atoms with Crippen LogP contribution in [0, 0.1) is 12.3 Å². The zero-order valence-electron chi connectivity index (χ0n) is 9.26. The summed E-state index contributed by atoms with van der Waals surface area (Å²) >= 11 is 5.71. The Morgan fingerprint density at radius 1 is 1.44 bits per heavy atom. The summed E-state index contributed by atoms with van der Waals surface area (Å²) in [4.78, 5) is 23.5. The van der Waals surface area contributed by atoms with Crippen LogP contribution in [0.1, 0.15) is 10.4 Å². The molecule has 0 radical (unpaired) electrons. The maximum absolute atomic E-state index is 12.0. The van der Waals surface area contributed by atoms with Crippen molar-refractivity contribution in [3.05, 3.63) is 28.8 Å². The number of hydrogen-bond acceptors (Lipinski definition) is 3. The monoisotopic (exact) mass is 267 g/mol. The van der Waals surface area contributed by atoms with E-state index in [2.05, 4.69) is 5.92 Å². The molecule has 0 bridgehead atoms. The van der Waals surface area contributed by atoms with Gasteiger partial charge in [-0.3, -0.25) is 9.59 Å². The lowest BCUT2D eigenvalue weighted by Crippen LogP contribution is -2.36. The van der Waals surface area contributed by atoms with Crippen LogP contribution in [-0.4, -0.2) is 40.1 Å². The van der Waals surface area contributed by atoms with Gasteiger partial charge in [-0.05, 0) is 18.2 Å². The summed E-state index contributed by atoms with van der Waals surface area (Å²) < 4.78 is 0. The molecule has 18 heavy (non-hydrogen) atoms. The number of phenols is 1. The first-order chi connectivity index (χ1) is 8.45. The van der Waals surface area contributed by atoms with Gasteiger partial charge < -0.3 is 15.1 Å². The zero-order chi connectivity index (χ0) is 13.7. The van der Waals surface area contributed by atoms with Gasteiger partial charge in [0.2, 0.25) is 0 Å². The first-order valence-electron chi connectivity index (χ1n) is 4.88. The molecule has 6 heteroatoms. The van der Waals surface area contributed by atoms with Crippen molar-refractivity contribution >= 4 is 23.5 Å². The summed E-state index contributed by atoms with van der Waals surface area (Å²) in [6.45, 7) is -0.716. The Hall–Kier alpha value is -2.19. The maximum Gasteiger partial charge on any atom is 0.323 e. The van der Waals surface area contributed by atoms with Crippen LogP contribution in [0.3, 0.4) is 0 Å². The Labute approximate surface area is 109 Å². The number of carboxylic acids is 1. The molecular weight excluding hydrogens is 258 g/mol. The van der Waals surface area contributed by atoms with Crippen LogP contribution in [0.5, 0.6) is 5.75 Å². The highest BCUT2D eigenvalue weighted by Gasteiger charge is 2.20. The van der Waals surface area contributed by atoms with Gasteiger partial charge in [-0.1, -0.05) is 17.5 Å². The fourth-order valence-corrected chi connectivity index (χ4v) is 1.49. The number of amides is 1. The highest BCUT2D eigenvalue weighted by atomic mass is 35.5. The average Bonchev–Trinajstić information content (AvgIpc) is 2.30. The summed E-state index contributed by atoms with van der Waals surface area (Å²) in [6.07, 6.45) is 5.06. The number of terminal acetylenes is 1. The van der Waals surface area contributed by atoms with E-state index in [0.29, 0.717) is 0 Å². The molecule has 0 aliphatic rings. The van der Waals surface area contributed by atoms with Crippen LogP contribution in [0.25, 0.3) is 0 Å². The van der Waals surface area contributed by atoms with Crippen molar-refractivity contribution in [2.75, 3.05) is 13.1 Å². The Balaban J connectivity index is 3.05. The predicted octanol–water partition coefficient (Wildman–Crippen LogP) is 1.21. The molecular formula is C12H10ClNO4. The van der Waals surface area contributed by atoms with E-state index in [1.807, 2.05) is 0 Å². The molecule has 0 aromatic heterocycles. The third kappa shape index (κ3) is 3.40. The summed E-state index contributed by atoms with van der Waals surface area (Å²) in [6, 6.07) is 3.92. The molecule has 1 aromatic rings. The van der Waals surface area contributed by atoms with E-state index in [4.69, 9.17) is 23.1 Å². The molecule has 0 atom stereocenters. The van der Waals surface area contributed by atoms with Gasteiger partial charge in [0.05, 0.1) is 12.1 Å². The molecule has 5 nitrogen and oxygen atoms in total. The van der Waals surface area contributed by atoms with E-state index >= 15 is 0 Å². The summed E-state index contributed by atoms with van der Waals surface area (Å²) in [5.74, 6) is 0.0251. The number of nitrogens with zero attached hydrogens (tertiary/aromatic N) is 1. The minimum Gasteiger partial charge on any atom is -0.507 e. The summed E-state index contributed by atoms with van der Waals surface area (Å²) in [5, 5.41) is 18.5. The summed E-state index contributed by atoms with van der Waals surface area (Å²) in [5.41, 5.74) is -0.0843. The molecule has 94 valence electrons. The number of carbonyl (C=O) groups excluding carboxylic acids is 1. The molecule has 0 saturated carbocycles. The lowest BCUT2D eigenvalue weighted by Gasteiger charge is -2.18. The fourth-order valence-electron chi connectivity index (χ4n) is 1.32. The SMILES string of the molecule is C#CCN(CC(=O)O)C(=O)c1cc(Cl)ccc1O. The first-order valence-corrected chi connectivity index (χ1v) is 5.26. The standard InChI is InChI=1S/C12H10ClNO4/c1-2-5-14(7-11(16)17)12(18)9-6-8(13)3-4-10(9)15/h1,3-4,6,15H,5,7H2,(H,16,17). The second kappa shape index (κ2) is 5.94. The van der Waals surface area contributed by atoms with Gasteiger partial charge in [-0.25, -0.2) is 0 Å². The molecule has 0 aliphatic heterocycles. The van der Waals surface area contributed by atoms with E-state index in [9.17, 15) is 14.7 Å². The average molecular weight is 268 g/mol. The third-order valence-electron chi connectivity index (χ3n) is 2.08. The van der Waals surface area contributed by atoms with Gasteiger partial charge in [-0.2, -0.15) is 0 Å². The van der Waals surface area contributed by atoms with Gasteiger partial charge in [0.1, 0.15) is 12.3 Å². The van der Waals surface area contributed by atoms with Crippen LogP contribution < -0.4 is 0 Å². The van der Waals surface area contributed by atoms with E-state index in [0.717, 1.165) is 4.90 Å². The van der Waals surface area contributed by atoms with Crippen LogP contribution in [0.4, 0.5) is 0 Å². The second-order valence-corrected chi connectivity index (χ2v) is 3.86. The lowest BCUT2D eigenvalue weighted by molar-refractivity contribution is -0.137. The molecule has 0 spiro atoms. The topological polar surface area (TPSA) is 77.8 Å². The first kappa shape index (κ1) is 13.9. The maximum atomic E-state index is 12.0. The number of carboxylic acid groups (broad SMARTS) is 1. The molecule has 0 fully saturated rings. The predicted molar refractivity (Wildman–Crippen MR) is 65.5 cm³/mol. The van der Waals surface area contributed by atoms with Crippen molar-refractivity contribution in [1.82, 2.24) is 4.90 Å². The van der Waals surface area contributed by atoms with E-state index in [1.54, 1.807) is 0 Å². The molecule has 1 aromatic carbocycles. The largest absolute Gasteiger partial charge is 0.507 e. The number of aliphatic carboxylic acids is 1. The quantitative estimate of drug-likeness (QED) is 0.804. The normalized spacial score (nSPS) is 9.56. The van der Waals surface area contributed by atoms with Gasteiger partial charge in [0, 0.05) is 5.02 Å².